The molecule has 0 saturated heterocycles. The molecule has 1 heterocycles. The first kappa shape index (κ1) is 16.0. The summed E-state index contributed by atoms with van der Waals surface area (Å²) in [5, 5.41) is 7.08. The normalized spacial score (nSPS) is 10.8. The van der Waals surface area contributed by atoms with Crippen LogP contribution in [-0.2, 0) is 0 Å². The van der Waals surface area contributed by atoms with Crippen LogP contribution in [0, 0.1) is 5.82 Å². The van der Waals surface area contributed by atoms with Crippen molar-refractivity contribution in [1.29, 1.82) is 0 Å². The van der Waals surface area contributed by atoms with E-state index in [4.69, 9.17) is 4.74 Å². The lowest BCUT2D eigenvalue weighted by atomic mass is 10.2. The highest BCUT2D eigenvalue weighted by atomic mass is 19.1. The van der Waals surface area contributed by atoms with E-state index in [1.165, 1.54) is 25.3 Å². The number of ether oxygens (including phenoxy) is 1. The lowest BCUT2D eigenvalue weighted by Crippen LogP contribution is -2.18. The van der Waals surface area contributed by atoms with E-state index in [0.29, 0.717) is 11.4 Å². The van der Waals surface area contributed by atoms with Gasteiger partial charge in [0.2, 0.25) is 0 Å². The van der Waals surface area contributed by atoms with Crippen molar-refractivity contribution in [2.75, 3.05) is 12.4 Å². The van der Waals surface area contributed by atoms with Crippen LogP contribution in [0.5, 0.6) is 5.75 Å². The maximum Gasteiger partial charge on any atom is 0.256 e. The molecule has 6 heteroatoms. The minimum Gasteiger partial charge on any atom is -0.494 e. The minimum atomic E-state index is -0.499. The van der Waals surface area contributed by atoms with Gasteiger partial charge in [0.1, 0.15) is 5.82 Å². The summed E-state index contributed by atoms with van der Waals surface area (Å²) in [6.45, 7) is 4.15. The van der Waals surface area contributed by atoms with Crippen LogP contribution in [0.25, 0.3) is 0 Å². The van der Waals surface area contributed by atoms with E-state index in [0.717, 1.165) is 12.8 Å². The van der Waals surface area contributed by atoms with Gasteiger partial charge in [-0.1, -0.05) is 13.8 Å². The standard InChI is InChI=1S/C16H20FN3O2/c1-4-12(5-2)20-15(8-9-18-20)19-16(21)11-6-7-13(17)14(10-11)22-3/h6-10,12H,4-5H2,1-3H3,(H,19,21). The average Bonchev–Trinajstić information content (AvgIpc) is 2.97. The van der Waals surface area contributed by atoms with Crippen molar-refractivity contribution in [3.63, 3.8) is 0 Å². The topological polar surface area (TPSA) is 56.2 Å². The number of hydrogen-bond donors (Lipinski definition) is 1. The first-order valence-electron chi connectivity index (χ1n) is 7.29. The summed E-state index contributed by atoms with van der Waals surface area (Å²) in [4.78, 5) is 12.3. The number of nitrogens with zero attached hydrogens (tertiary/aromatic N) is 2. The lowest BCUT2D eigenvalue weighted by Gasteiger charge is -2.17. The summed E-state index contributed by atoms with van der Waals surface area (Å²) in [7, 11) is 1.36. The molecule has 0 fully saturated rings. The van der Waals surface area contributed by atoms with E-state index in [1.807, 2.05) is 0 Å². The lowest BCUT2D eigenvalue weighted by molar-refractivity contribution is 0.102. The molecule has 0 spiro atoms. The molecule has 1 amide bonds. The molecular weight excluding hydrogens is 285 g/mol. The van der Waals surface area contributed by atoms with Crippen molar-refractivity contribution in [1.82, 2.24) is 9.78 Å². The first-order valence-corrected chi connectivity index (χ1v) is 7.29. The second-order valence-corrected chi connectivity index (χ2v) is 4.93. The predicted octanol–water partition coefficient (Wildman–Crippen LogP) is 3.64. The molecule has 0 atom stereocenters. The Hall–Kier alpha value is -2.37. The Labute approximate surface area is 129 Å². The fourth-order valence-electron chi connectivity index (χ4n) is 2.33. The van der Waals surface area contributed by atoms with E-state index in [9.17, 15) is 9.18 Å². The number of aromatic nitrogens is 2. The SMILES string of the molecule is CCC(CC)n1nccc1NC(=O)c1ccc(F)c(OC)c1. The molecule has 2 aromatic rings. The molecule has 5 nitrogen and oxygen atoms in total. The molecule has 0 aliphatic carbocycles. The predicted molar refractivity (Wildman–Crippen MR) is 82.8 cm³/mol. The number of benzene rings is 1. The maximum absolute atomic E-state index is 13.4. The van der Waals surface area contributed by atoms with Crippen molar-refractivity contribution in [2.24, 2.45) is 0 Å². The smallest absolute Gasteiger partial charge is 0.256 e. The van der Waals surface area contributed by atoms with E-state index in [2.05, 4.69) is 24.3 Å². The van der Waals surface area contributed by atoms with Crippen LogP contribution in [0.2, 0.25) is 0 Å². The molecule has 1 aromatic heterocycles. The van der Waals surface area contributed by atoms with Gasteiger partial charge in [0.15, 0.2) is 11.6 Å². The zero-order valence-electron chi connectivity index (χ0n) is 13.0. The highest BCUT2D eigenvalue weighted by Gasteiger charge is 2.15. The van der Waals surface area contributed by atoms with E-state index in [1.54, 1.807) is 16.9 Å². The van der Waals surface area contributed by atoms with Gasteiger partial charge in [-0.15, -0.1) is 0 Å². The summed E-state index contributed by atoms with van der Waals surface area (Å²) in [5.41, 5.74) is 0.329. The zero-order valence-corrected chi connectivity index (χ0v) is 13.0. The summed E-state index contributed by atoms with van der Waals surface area (Å²) < 4.78 is 20.1. The van der Waals surface area contributed by atoms with Crippen molar-refractivity contribution < 1.29 is 13.9 Å². The van der Waals surface area contributed by atoms with Crippen LogP contribution in [0.4, 0.5) is 10.2 Å². The van der Waals surface area contributed by atoms with Gasteiger partial charge in [-0.3, -0.25) is 4.79 Å². The molecule has 0 aliphatic heterocycles. The molecule has 1 N–H and O–H groups in total. The molecule has 118 valence electrons. The number of carbonyl (C=O) groups is 1. The van der Waals surface area contributed by atoms with Crippen molar-refractivity contribution in [3.8, 4) is 5.75 Å². The van der Waals surface area contributed by atoms with Crippen LogP contribution < -0.4 is 10.1 Å². The van der Waals surface area contributed by atoms with Crippen LogP contribution in [-0.4, -0.2) is 22.8 Å². The number of rotatable bonds is 6. The largest absolute Gasteiger partial charge is 0.494 e. The minimum absolute atomic E-state index is 0.0427. The maximum atomic E-state index is 13.4. The number of amides is 1. The van der Waals surface area contributed by atoms with E-state index >= 15 is 0 Å². The van der Waals surface area contributed by atoms with Gasteiger partial charge in [0, 0.05) is 11.6 Å². The van der Waals surface area contributed by atoms with Crippen molar-refractivity contribution in [3.05, 3.63) is 41.8 Å². The quantitative estimate of drug-likeness (QED) is 0.886. The van der Waals surface area contributed by atoms with Gasteiger partial charge in [-0.2, -0.15) is 5.10 Å². The molecule has 0 unspecified atom stereocenters. The molecule has 0 saturated carbocycles. The molecular formula is C16H20FN3O2. The van der Waals surface area contributed by atoms with Gasteiger partial charge in [0.05, 0.1) is 19.3 Å². The number of carbonyl (C=O) groups excluding carboxylic acids is 1. The van der Waals surface area contributed by atoms with Gasteiger partial charge in [-0.25, -0.2) is 9.07 Å². The third-order valence-corrected chi connectivity index (χ3v) is 3.61. The Morgan fingerprint density at radius 3 is 2.73 bits per heavy atom. The average molecular weight is 305 g/mol. The Morgan fingerprint density at radius 2 is 2.09 bits per heavy atom. The Morgan fingerprint density at radius 1 is 1.36 bits per heavy atom. The number of halogens is 1. The fraction of sp³-hybridized carbons (Fsp3) is 0.375. The Balaban J connectivity index is 2.21. The third kappa shape index (κ3) is 3.27. The number of methoxy groups -OCH3 is 1. The molecule has 0 radical (unpaired) electrons. The number of hydrogen-bond acceptors (Lipinski definition) is 3. The van der Waals surface area contributed by atoms with Crippen LogP contribution in [0.1, 0.15) is 43.1 Å². The molecule has 2 rings (SSSR count). The second-order valence-electron chi connectivity index (χ2n) is 4.93. The molecule has 1 aromatic carbocycles. The van der Waals surface area contributed by atoms with Crippen molar-refractivity contribution >= 4 is 11.7 Å². The highest BCUT2D eigenvalue weighted by molar-refractivity contribution is 6.04. The summed E-state index contributed by atoms with van der Waals surface area (Å²) in [6, 6.07) is 5.99. The molecule has 0 bridgehead atoms. The first-order chi connectivity index (χ1) is 10.6. The molecule has 22 heavy (non-hydrogen) atoms. The van der Waals surface area contributed by atoms with Gasteiger partial charge < -0.3 is 10.1 Å². The third-order valence-electron chi connectivity index (χ3n) is 3.61. The van der Waals surface area contributed by atoms with Gasteiger partial charge in [0.25, 0.3) is 5.91 Å². The van der Waals surface area contributed by atoms with Crippen molar-refractivity contribution in [2.45, 2.75) is 32.7 Å². The summed E-state index contributed by atoms with van der Waals surface area (Å²) in [5.74, 6) is -0.157. The number of nitrogens with one attached hydrogen (secondary N) is 1. The fourth-order valence-corrected chi connectivity index (χ4v) is 2.33. The van der Waals surface area contributed by atoms with Crippen LogP contribution in [0.3, 0.4) is 0 Å². The van der Waals surface area contributed by atoms with E-state index < -0.39 is 5.82 Å². The van der Waals surface area contributed by atoms with E-state index in [-0.39, 0.29) is 17.7 Å². The monoisotopic (exact) mass is 305 g/mol. The van der Waals surface area contributed by atoms with Gasteiger partial charge >= 0.3 is 0 Å². The van der Waals surface area contributed by atoms with Crippen LogP contribution in [0.15, 0.2) is 30.5 Å². The number of anilines is 1. The Bertz CT molecular complexity index is 651. The summed E-state index contributed by atoms with van der Waals surface area (Å²) >= 11 is 0. The highest BCUT2D eigenvalue weighted by Crippen LogP contribution is 2.22. The molecule has 0 aliphatic rings. The summed E-state index contributed by atoms with van der Waals surface area (Å²) in [6.07, 6.45) is 3.50. The van der Waals surface area contributed by atoms with Gasteiger partial charge in [-0.05, 0) is 31.0 Å². The Kier molecular flexibility index (Phi) is 5.14. The second kappa shape index (κ2) is 7.06. The zero-order chi connectivity index (χ0) is 16.1. The van der Waals surface area contributed by atoms with Crippen LogP contribution >= 0.6 is 0 Å².